The topological polar surface area (TPSA) is 87.1 Å². The molecule has 0 aliphatic carbocycles. The van der Waals surface area contributed by atoms with Crippen molar-refractivity contribution in [2.45, 2.75) is 12.6 Å². The summed E-state index contributed by atoms with van der Waals surface area (Å²) < 4.78 is 54.5. The summed E-state index contributed by atoms with van der Waals surface area (Å²) in [7, 11) is 1.55. The summed E-state index contributed by atoms with van der Waals surface area (Å²) in [5.41, 5.74) is 0.0805. The van der Waals surface area contributed by atoms with Crippen molar-refractivity contribution in [1.29, 1.82) is 0 Å². The normalized spacial score (nSPS) is 11.6. The Morgan fingerprint density at radius 3 is 2.55 bits per heavy atom. The quantitative estimate of drug-likeness (QED) is 0.489. The van der Waals surface area contributed by atoms with Crippen LogP contribution < -0.4 is 4.74 Å². The third-order valence-electron chi connectivity index (χ3n) is 4.00. The number of ether oxygens (including phenoxy) is 1. The average Bonchev–Trinajstić information content (AvgIpc) is 3.38. The number of aromatic nitrogens is 4. The van der Waals surface area contributed by atoms with Crippen LogP contribution in [-0.4, -0.2) is 27.4 Å². The van der Waals surface area contributed by atoms with Gasteiger partial charge in [0.05, 0.1) is 12.7 Å². The van der Waals surface area contributed by atoms with E-state index >= 15 is 0 Å². The van der Waals surface area contributed by atoms with Gasteiger partial charge in [-0.05, 0) is 30.3 Å². The van der Waals surface area contributed by atoms with Crippen LogP contribution in [0.3, 0.4) is 0 Å². The smallest absolute Gasteiger partial charge is 0.416 e. The molecule has 0 bridgehead atoms. The Kier molecular flexibility index (Phi) is 4.75. The van der Waals surface area contributed by atoms with Crippen molar-refractivity contribution >= 4 is 0 Å². The number of alkyl halides is 3. The van der Waals surface area contributed by atoms with Crippen LogP contribution in [0.5, 0.6) is 5.75 Å². The maximum atomic E-state index is 12.9. The summed E-state index contributed by atoms with van der Waals surface area (Å²) >= 11 is 0. The third kappa shape index (κ3) is 4.10. The Morgan fingerprint density at radius 2 is 1.76 bits per heavy atom. The molecule has 148 valence electrons. The van der Waals surface area contributed by atoms with Crippen molar-refractivity contribution in [2.24, 2.45) is 0 Å². The van der Waals surface area contributed by atoms with Gasteiger partial charge in [-0.25, -0.2) is 0 Å². The minimum atomic E-state index is -4.46. The van der Waals surface area contributed by atoms with E-state index in [1.54, 1.807) is 31.4 Å². The van der Waals surface area contributed by atoms with Gasteiger partial charge in [-0.15, -0.1) is 10.2 Å². The molecule has 0 unspecified atom stereocenters. The van der Waals surface area contributed by atoms with Crippen molar-refractivity contribution in [1.82, 2.24) is 20.3 Å². The Morgan fingerprint density at radius 1 is 0.966 bits per heavy atom. The fourth-order valence-corrected chi connectivity index (χ4v) is 2.61. The largest absolute Gasteiger partial charge is 0.497 e. The van der Waals surface area contributed by atoms with Crippen LogP contribution in [0.25, 0.3) is 22.8 Å². The Labute approximate surface area is 162 Å². The number of hydrogen-bond acceptors (Lipinski definition) is 7. The molecule has 0 saturated heterocycles. The van der Waals surface area contributed by atoms with Gasteiger partial charge in [0.15, 0.2) is 0 Å². The van der Waals surface area contributed by atoms with Crippen molar-refractivity contribution < 1.29 is 26.8 Å². The molecule has 0 aliphatic heterocycles. The van der Waals surface area contributed by atoms with Gasteiger partial charge in [0.25, 0.3) is 0 Å². The van der Waals surface area contributed by atoms with E-state index in [0.717, 1.165) is 12.1 Å². The molecule has 0 fully saturated rings. The van der Waals surface area contributed by atoms with Gasteiger partial charge in [0.1, 0.15) is 12.2 Å². The number of rotatable bonds is 5. The number of hydrogen-bond donors (Lipinski definition) is 0. The molecule has 7 nitrogen and oxygen atoms in total. The zero-order valence-electron chi connectivity index (χ0n) is 15.0. The van der Waals surface area contributed by atoms with Gasteiger partial charge < -0.3 is 13.7 Å². The second kappa shape index (κ2) is 7.38. The highest BCUT2D eigenvalue weighted by atomic mass is 19.4. The molecular weight excluding hydrogens is 389 g/mol. The van der Waals surface area contributed by atoms with Gasteiger partial charge in [-0.2, -0.15) is 18.2 Å². The van der Waals surface area contributed by atoms with Crippen molar-refractivity contribution in [3.63, 3.8) is 0 Å². The Balaban J connectivity index is 1.52. The standard InChI is InChI=1S/C19H13F3N4O3/c1-27-14-7-3-5-12(9-14)18-25-24-16(28-18)10-15-23-17(26-29-15)11-4-2-6-13(8-11)19(20,21)22/h2-9H,10H2,1H3. The first-order chi connectivity index (χ1) is 13.9. The SMILES string of the molecule is COc1cccc(-c2nnc(Cc3nc(-c4cccc(C(F)(F)F)c4)no3)o2)c1. The van der Waals surface area contributed by atoms with Gasteiger partial charge in [0, 0.05) is 11.1 Å². The zero-order chi connectivity index (χ0) is 20.4. The summed E-state index contributed by atoms with van der Waals surface area (Å²) in [5, 5.41) is 11.6. The molecule has 10 heteroatoms. The van der Waals surface area contributed by atoms with E-state index in [2.05, 4.69) is 20.3 Å². The molecular formula is C19H13F3N4O3. The first kappa shape index (κ1) is 18.7. The minimum absolute atomic E-state index is 0.0404. The molecule has 0 N–H and O–H groups in total. The monoisotopic (exact) mass is 402 g/mol. The van der Waals surface area contributed by atoms with Crippen molar-refractivity contribution in [3.8, 4) is 28.6 Å². The van der Waals surface area contributed by atoms with Gasteiger partial charge in [-0.3, -0.25) is 0 Å². The molecule has 4 aromatic rings. The van der Waals surface area contributed by atoms with E-state index in [4.69, 9.17) is 13.7 Å². The highest BCUT2D eigenvalue weighted by molar-refractivity contribution is 5.56. The fraction of sp³-hybridized carbons (Fsp3) is 0.158. The zero-order valence-corrected chi connectivity index (χ0v) is 15.0. The highest BCUT2D eigenvalue weighted by Crippen LogP contribution is 2.31. The molecule has 4 rings (SSSR count). The van der Waals surface area contributed by atoms with Crippen LogP contribution in [0, 0.1) is 0 Å². The Bertz CT molecular complexity index is 1140. The highest BCUT2D eigenvalue weighted by Gasteiger charge is 2.30. The van der Waals surface area contributed by atoms with E-state index in [0.29, 0.717) is 11.3 Å². The molecule has 0 spiro atoms. The number of methoxy groups -OCH3 is 1. The molecule has 0 aliphatic rings. The first-order valence-electron chi connectivity index (χ1n) is 8.39. The van der Waals surface area contributed by atoms with Crippen molar-refractivity contribution in [2.75, 3.05) is 7.11 Å². The second-order valence-corrected chi connectivity index (χ2v) is 6.00. The number of halogens is 3. The van der Waals surface area contributed by atoms with Gasteiger partial charge in [0.2, 0.25) is 23.5 Å². The van der Waals surface area contributed by atoms with E-state index in [9.17, 15) is 13.2 Å². The lowest BCUT2D eigenvalue weighted by Crippen LogP contribution is -2.04. The predicted octanol–water partition coefficient (Wildman–Crippen LogP) is 4.40. The molecule has 0 saturated carbocycles. The van der Waals surface area contributed by atoms with E-state index < -0.39 is 11.7 Å². The van der Waals surface area contributed by atoms with E-state index in [1.807, 2.05) is 0 Å². The maximum absolute atomic E-state index is 12.9. The predicted molar refractivity (Wildman–Crippen MR) is 93.8 cm³/mol. The average molecular weight is 402 g/mol. The van der Waals surface area contributed by atoms with Crippen LogP contribution in [0.15, 0.2) is 57.5 Å². The second-order valence-electron chi connectivity index (χ2n) is 6.00. The summed E-state index contributed by atoms with van der Waals surface area (Å²) in [4.78, 5) is 4.12. The van der Waals surface area contributed by atoms with Crippen LogP contribution in [-0.2, 0) is 12.6 Å². The molecule has 29 heavy (non-hydrogen) atoms. The molecule has 0 radical (unpaired) electrons. The summed E-state index contributed by atoms with van der Waals surface area (Å²) in [6.07, 6.45) is -4.41. The van der Waals surface area contributed by atoms with Crippen LogP contribution in [0.1, 0.15) is 17.3 Å². The molecule has 0 atom stereocenters. The lowest BCUT2D eigenvalue weighted by molar-refractivity contribution is -0.137. The Hall–Kier alpha value is -3.69. The van der Waals surface area contributed by atoms with Crippen LogP contribution in [0.2, 0.25) is 0 Å². The van der Waals surface area contributed by atoms with Crippen LogP contribution in [0.4, 0.5) is 13.2 Å². The molecule has 2 heterocycles. The first-order valence-corrected chi connectivity index (χ1v) is 8.39. The summed E-state index contributed by atoms with van der Waals surface area (Å²) in [6.45, 7) is 0. The fourth-order valence-electron chi connectivity index (χ4n) is 2.61. The summed E-state index contributed by atoms with van der Waals surface area (Å²) in [5.74, 6) is 1.33. The molecule has 2 aromatic heterocycles. The van der Waals surface area contributed by atoms with Gasteiger partial charge >= 0.3 is 6.18 Å². The lowest BCUT2D eigenvalue weighted by atomic mass is 10.1. The molecule has 0 amide bonds. The minimum Gasteiger partial charge on any atom is -0.497 e. The lowest BCUT2D eigenvalue weighted by Gasteiger charge is -2.06. The number of nitrogens with zero attached hydrogens (tertiary/aromatic N) is 4. The summed E-state index contributed by atoms with van der Waals surface area (Å²) in [6, 6.07) is 11.8. The van der Waals surface area contributed by atoms with Crippen LogP contribution >= 0.6 is 0 Å². The van der Waals surface area contributed by atoms with E-state index in [-0.39, 0.29) is 35.5 Å². The third-order valence-corrected chi connectivity index (χ3v) is 4.00. The van der Waals surface area contributed by atoms with Gasteiger partial charge in [-0.1, -0.05) is 23.4 Å². The molecule has 2 aromatic carbocycles. The van der Waals surface area contributed by atoms with E-state index in [1.165, 1.54) is 12.1 Å². The number of benzene rings is 2. The maximum Gasteiger partial charge on any atom is 0.416 e. The van der Waals surface area contributed by atoms with Crippen molar-refractivity contribution in [3.05, 3.63) is 65.9 Å².